The molecule has 0 aliphatic heterocycles. The van der Waals surface area contributed by atoms with Gasteiger partial charge in [0.15, 0.2) is 5.16 Å². The molecular weight excluding hydrogens is 396 g/mol. The van der Waals surface area contributed by atoms with E-state index in [4.69, 9.17) is 0 Å². The van der Waals surface area contributed by atoms with Crippen molar-refractivity contribution >= 4 is 29.7 Å². The minimum atomic E-state index is -0.409. The van der Waals surface area contributed by atoms with Crippen LogP contribution in [0.25, 0.3) is 6.08 Å². The number of nitrogens with zero attached hydrogens (tertiary/aromatic N) is 2. The number of thioether (sulfide) groups is 1. The Morgan fingerprint density at radius 3 is 2.27 bits per heavy atom. The highest BCUT2D eigenvalue weighted by molar-refractivity contribution is 7.98. The van der Waals surface area contributed by atoms with Gasteiger partial charge in [-0.05, 0) is 49.2 Å². The molecule has 2 aromatic carbocycles. The van der Waals surface area contributed by atoms with E-state index >= 15 is 0 Å². The predicted molar refractivity (Wildman–Crippen MR) is 119 cm³/mol. The van der Waals surface area contributed by atoms with Crippen LogP contribution in [0.3, 0.4) is 0 Å². The van der Waals surface area contributed by atoms with E-state index in [1.165, 1.54) is 6.08 Å². The number of carbonyl (C=O) groups is 2. The summed E-state index contributed by atoms with van der Waals surface area (Å²) in [5.41, 5.74) is 9.08. The van der Waals surface area contributed by atoms with Crippen molar-refractivity contribution in [1.82, 2.24) is 20.8 Å². The molecule has 0 unspecified atom stereocenters. The maximum absolute atomic E-state index is 12.2. The van der Waals surface area contributed by atoms with Gasteiger partial charge in [-0.1, -0.05) is 54.2 Å². The number of benzene rings is 2. The van der Waals surface area contributed by atoms with Gasteiger partial charge in [-0.15, -0.1) is 0 Å². The van der Waals surface area contributed by atoms with Crippen molar-refractivity contribution in [1.29, 1.82) is 0 Å². The molecule has 2 N–H and O–H groups in total. The zero-order chi connectivity index (χ0) is 21.3. The smallest absolute Gasteiger partial charge is 0.268 e. The Kier molecular flexibility index (Phi) is 7.34. The number of rotatable bonds is 6. The summed E-state index contributed by atoms with van der Waals surface area (Å²) >= 11 is 1.55. The number of carbonyl (C=O) groups excluding carboxylic acids is 2. The molecule has 0 radical (unpaired) electrons. The lowest BCUT2D eigenvalue weighted by Gasteiger charge is -2.07. The number of aryl methyl sites for hydroxylation is 2. The summed E-state index contributed by atoms with van der Waals surface area (Å²) in [5.74, 6) is -0.0896. The third-order valence-electron chi connectivity index (χ3n) is 4.07. The molecular formula is C23H22N4O2S. The van der Waals surface area contributed by atoms with Crippen LogP contribution >= 0.6 is 11.8 Å². The first-order chi connectivity index (χ1) is 14.5. The summed E-state index contributed by atoms with van der Waals surface area (Å²) in [6.45, 7) is 3.89. The Balaban J connectivity index is 1.48. The number of nitrogens with one attached hydrogen (secondary N) is 2. The fourth-order valence-corrected chi connectivity index (χ4v) is 3.53. The van der Waals surface area contributed by atoms with E-state index in [1.54, 1.807) is 30.0 Å². The molecule has 0 bridgehead atoms. The van der Waals surface area contributed by atoms with Crippen molar-refractivity contribution in [3.63, 3.8) is 0 Å². The van der Waals surface area contributed by atoms with E-state index in [9.17, 15) is 9.59 Å². The van der Waals surface area contributed by atoms with Crippen molar-refractivity contribution in [2.24, 2.45) is 0 Å². The second kappa shape index (κ2) is 10.4. The predicted octanol–water partition coefficient (Wildman–Crippen LogP) is 3.86. The monoisotopic (exact) mass is 418 g/mol. The van der Waals surface area contributed by atoms with Crippen molar-refractivity contribution in [3.8, 4) is 0 Å². The van der Waals surface area contributed by atoms with Gasteiger partial charge in [-0.2, -0.15) is 0 Å². The fraction of sp³-hybridized carbons (Fsp3) is 0.130. The van der Waals surface area contributed by atoms with E-state index in [0.29, 0.717) is 11.3 Å². The molecule has 30 heavy (non-hydrogen) atoms. The van der Waals surface area contributed by atoms with Crippen LogP contribution in [0.5, 0.6) is 0 Å². The zero-order valence-corrected chi connectivity index (χ0v) is 17.6. The van der Waals surface area contributed by atoms with E-state index in [1.807, 2.05) is 62.4 Å². The molecule has 2 amide bonds. The number of hydrogen-bond donors (Lipinski definition) is 2. The summed E-state index contributed by atoms with van der Waals surface area (Å²) in [4.78, 5) is 32.9. The Labute approximate surface area is 179 Å². The fourth-order valence-electron chi connectivity index (χ4n) is 2.63. The second-order valence-corrected chi connectivity index (χ2v) is 7.55. The van der Waals surface area contributed by atoms with E-state index in [-0.39, 0.29) is 5.91 Å². The first-order valence-corrected chi connectivity index (χ1v) is 10.4. The molecule has 0 aliphatic carbocycles. The van der Waals surface area contributed by atoms with Crippen LogP contribution in [0.15, 0.2) is 71.9 Å². The molecule has 1 heterocycles. The molecule has 0 atom stereocenters. The molecule has 3 rings (SSSR count). The van der Waals surface area contributed by atoms with E-state index in [2.05, 4.69) is 20.8 Å². The highest BCUT2D eigenvalue weighted by Crippen LogP contribution is 2.20. The van der Waals surface area contributed by atoms with Gasteiger partial charge in [0.25, 0.3) is 11.8 Å². The Morgan fingerprint density at radius 1 is 0.933 bits per heavy atom. The molecule has 0 spiro atoms. The minimum absolute atomic E-state index is 0.381. The number of amides is 2. The van der Waals surface area contributed by atoms with Crippen LogP contribution < -0.4 is 10.9 Å². The molecule has 6 nitrogen and oxygen atoms in total. The van der Waals surface area contributed by atoms with Gasteiger partial charge >= 0.3 is 0 Å². The number of hydrogen-bond acceptors (Lipinski definition) is 5. The van der Waals surface area contributed by atoms with Crippen molar-refractivity contribution in [2.75, 3.05) is 0 Å². The van der Waals surface area contributed by atoms with Crippen LogP contribution in [-0.2, 0) is 10.5 Å². The summed E-state index contributed by atoms with van der Waals surface area (Å²) in [6, 6.07) is 18.6. The molecule has 0 aliphatic rings. The van der Waals surface area contributed by atoms with Gasteiger partial charge in [0, 0.05) is 28.8 Å². The third-order valence-corrected chi connectivity index (χ3v) is 4.99. The van der Waals surface area contributed by atoms with Crippen LogP contribution in [-0.4, -0.2) is 21.8 Å². The standard InChI is InChI=1S/C23H22N4O2S/c1-16-14-17(2)25-23(24-16)30-15-19-8-11-20(12-9-19)22(29)27-26-21(28)13-10-18-6-4-3-5-7-18/h3-14H,15H2,1-2H3,(H,26,28)(H,27,29)/b13-10+. The topological polar surface area (TPSA) is 84.0 Å². The normalized spacial score (nSPS) is 10.7. The van der Waals surface area contributed by atoms with Gasteiger partial charge < -0.3 is 0 Å². The lowest BCUT2D eigenvalue weighted by molar-refractivity contribution is -0.117. The Morgan fingerprint density at radius 2 is 1.60 bits per heavy atom. The molecule has 1 aromatic heterocycles. The minimum Gasteiger partial charge on any atom is -0.268 e. The first kappa shape index (κ1) is 21.3. The van der Waals surface area contributed by atoms with Crippen LogP contribution in [0.2, 0.25) is 0 Å². The number of hydrazine groups is 1. The Hall–Kier alpha value is -3.45. The molecule has 152 valence electrons. The average molecular weight is 419 g/mol. The maximum atomic E-state index is 12.2. The van der Waals surface area contributed by atoms with E-state index in [0.717, 1.165) is 27.7 Å². The first-order valence-electron chi connectivity index (χ1n) is 9.37. The van der Waals surface area contributed by atoms with Crippen molar-refractivity contribution in [2.45, 2.75) is 24.8 Å². The molecule has 0 fully saturated rings. The van der Waals surface area contributed by atoms with Gasteiger partial charge in [-0.3, -0.25) is 20.4 Å². The van der Waals surface area contributed by atoms with Gasteiger partial charge in [0.1, 0.15) is 0 Å². The van der Waals surface area contributed by atoms with Crippen LogP contribution in [0, 0.1) is 13.8 Å². The zero-order valence-electron chi connectivity index (χ0n) is 16.8. The summed E-state index contributed by atoms with van der Waals surface area (Å²) < 4.78 is 0. The summed E-state index contributed by atoms with van der Waals surface area (Å²) in [5, 5.41) is 0.737. The second-order valence-electron chi connectivity index (χ2n) is 6.61. The molecule has 7 heteroatoms. The Bertz CT molecular complexity index is 1030. The van der Waals surface area contributed by atoms with Crippen molar-refractivity contribution in [3.05, 3.63) is 94.8 Å². The van der Waals surface area contributed by atoms with E-state index < -0.39 is 5.91 Å². The van der Waals surface area contributed by atoms with Gasteiger partial charge in [-0.25, -0.2) is 9.97 Å². The summed E-state index contributed by atoms with van der Waals surface area (Å²) in [6.07, 6.45) is 3.04. The highest BCUT2D eigenvalue weighted by atomic mass is 32.2. The average Bonchev–Trinajstić information content (AvgIpc) is 2.75. The lowest BCUT2D eigenvalue weighted by Crippen LogP contribution is -2.40. The molecule has 0 saturated carbocycles. The quantitative estimate of drug-likeness (QED) is 0.275. The van der Waals surface area contributed by atoms with Gasteiger partial charge in [0.05, 0.1) is 0 Å². The maximum Gasteiger partial charge on any atom is 0.269 e. The molecule has 0 saturated heterocycles. The van der Waals surface area contributed by atoms with Crippen molar-refractivity contribution < 1.29 is 9.59 Å². The third kappa shape index (κ3) is 6.56. The number of aromatic nitrogens is 2. The van der Waals surface area contributed by atoms with Crippen LogP contribution in [0.1, 0.15) is 32.9 Å². The lowest BCUT2D eigenvalue weighted by atomic mass is 10.1. The van der Waals surface area contributed by atoms with Gasteiger partial charge in [0.2, 0.25) is 0 Å². The highest BCUT2D eigenvalue weighted by Gasteiger charge is 2.07. The van der Waals surface area contributed by atoms with Crippen LogP contribution in [0.4, 0.5) is 0 Å². The SMILES string of the molecule is Cc1cc(C)nc(SCc2ccc(C(=O)NNC(=O)/C=C/c3ccccc3)cc2)n1. The largest absolute Gasteiger partial charge is 0.269 e. The summed E-state index contributed by atoms with van der Waals surface area (Å²) in [7, 11) is 0. The molecule has 3 aromatic rings.